The molecule has 2 saturated heterocycles. The maximum Gasteiger partial charge on any atom is 0.103 e. The second-order valence-electron chi connectivity index (χ2n) is 6.80. The lowest BCUT2D eigenvalue weighted by Crippen LogP contribution is -2.46. The third-order valence-electron chi connectivity index (χ3n) is 5.20. The summed E-state index contributed by atoms with van der Waals surface area (Å²) < 4.78 is 6.19. The zero-order valence-corrected chi connectivity index (χ0v) is 15.5. The van der Waals surface area contributed by atoms with Crippen molar-refractivity contribution in [2.45, 2.75) is 37.3 Å². The largest absolute Gasteiger partial charge is 0.380 e. The van der Waals surface area contributed by atoms with E-state index in [9.17, 15) is 5.26 Å². The van der Waals surface area contributed by atoms with Crippen LogP contribution in [0, 0.1) is 11.3 Å². The number of aromatic nitrogens is 1. The molecule has 2 aliphatic heterocycles. The van der Waals surface area contributed by atoms with E-state index in [0.717, 1.165) is 48.9 Å². The summed E-state index contributed by atoms with van der Waals surface area (Å²) >= 11 is 8.20. The van der Waals surface area contributed by atoms with Crippen molar-refractivity contribution in [2.24, 2.45) is 0 Å². The number of ether oxygens (including phenoxy) is 1. The normalized spacial score (nSPS) is 22.6. The van der Waals surface area contributed by atoms with Crippen LogP contribution in [-0.4, -0.2) is 34.7 Å². The van der Waals surface area contributed by atoms with Gasteiger partial charge in [-0.1, -0.05) is 11.6 Å². The number of pyridine rings is 1. The molecular weight excluding hydrogens is 354 g/mol. The second kappa shape index (κ2) is 7.03. The summed E-state index contributed by atoms with van der Waals surface area (Å²) in [5, 5.41) is 14.7. The van der Waals surface area contributed by atoms with Crippen LogP contribution >= 0.6 is 23.4 Å². The molecule has 6 heteroatoms. The Morgan fingerprint density at radius 3 is 3.00 bits per heavy atom. The molecule has 1 unspecified atom stereocenters. The summed E-state index contributed by atoms with van der Waals surface area (Å²) in [6.45, 7) is 0.772. The molecule has 1 N–H and O–H groups in total. The van der Waals surface area contributed by atoms with Gasteiger partial charge in [0.05, 0.1) is 22.4 Å². The van der Waals surface area contributed by atoms with Crippen molar-refractivity contribution in [3.63, 3.8) is 0 Å². The quantitative estimate of drug-likeness (QED) is 0.832. The van der Waals surface area contributed by atoms with Crippen LogP contribution < -0.4 is 5.32 Å². The lowest BCUT2D eigenvalue weighted by atomic mass is 9.85. The average Bonchev–Trinajstić information content (AvgIpc) is 2.63. The highest BCUT2D eigenvalue weighted by Crippen LogP contribution is 2.39. The second-order valence-corrected chi connectivity index (χ2v) is 8.46. The predicted molar refractivity (Wildman–Crippen MR) is 103 cm³/mol. The zero-order valence-electron chi connectivity index (χ0n) is 13.9. The van der Waals surface area contributed by atoms with E-state index in [1.165, 1.54) is 11.5 Å². The van der Waals surface area contributed by atoms with E-state index in [0.29, 0.717) is 16.6 Å². The standard InChI is InChI=1S/C19H20ClN3OS/c20-14-1-2-17-16(9-14)18(13(11-21)12-22-17)23-15-3-6-24-19(10-15)4-7-25-8-5-19/h1-2,9,12,15H,3-8,10H2,(H,22,23). The Morgan fingerprint density at radius 2 is 2.20 bits per heavy atom. The molecule has 2 aromatic rings. The van der Waals surface area contributed by atoms with Crippen LogP contribution in [0.2, 0.25) is 5.02 Å². The number of thioether (sulfide) groups is 1. The fourth-order valence-electron chi connectivity index (χ4n) is 3.85. The average molecular weight is 374 g/mol. The highest BCUT2D eigenvalue weighted by Gasteiger charge is 2.39. The highest BCUT2D eigenvalue weighted by atomic mass is 35.5. The first-order valence-electron chi connectivity index (χ1n) is 8.66. The third kappa shape index (κ3) is 3.44. The molecule has 0 radical (unpaired) electrons. The Labute approximate surface area is 156 Å². The molecule has 0 bridgehead atoms. The van der Waals surface area contributed by atoms with Crippen LogP contribution in [0.3, 0.4) is 0 Å². The summed E-state index contributed by atoms with van der Waals surface area (Å²) in [4.78, 5) is 4.38. The van der Waals surface area contributed by atoms with Gasteiger partial charge in [-0.3, -0.25) is 4.98 Å². The Hall–Kier alpha value is -1.48. The number of hydrogen-bond acceptors (Lipinski definition) is 5. The van der Waals surface area contributed by atoms with Crippen molar-refractivity contribution in [2.75, 3.05) is 23.4 Å². The Bertz CT molecular complexity index is 824. The molecule has 1 atom stereocenters. The van der Waals surface area contributed by atoms with Gasteiger partial charge in [0.15, 0.2) is 0 Å². The number of nitrogens with zero attached hydrogens (tertiary/aromatic N) is 2. The SMILES string of the molecule is N#Cc1cnc2ccc(Cl)cc2c1NC1CCOC2(CCSCC2)C1. The number of anilines is 1. The fourth-order valence-corrected chi connectivity index (χ4v) is 5.26. The van der Waals surface area contributed by atoms with Crippen LogP contribution in [-0.2, 0) is 4.74 Å². The van der Waals surface area contributed by atoms with Crippen LogP contribution in [0.1, 0.15) is 31.2 Å². The van der Waals surface area contributed by atoms with Gasteiger partial charge >= 0.3 is 0 Å². The van der Waals surface area contributed by atoms with Gasteiger partial charge in [-0.05, 0) is 55.4 Å². The number of rotatable bonds is 2. The van der Waals surface area contributed by atoms with Crippen molar-refractivity contribution in [3.8, 4) is 6.07 Å². The van der Waals surface area contributed by atoms with Crippen molar-refractivity contribution < 1.29 is 4.74 Å². The molecule has 1 spiro atoms. The van der Waals surface area contributed by atoms with E-state index in [1.807, 2.05) is 30.0 Å². The number of nitrogens with one attached hydrogen (secondary N) is 1. The maximum atomic E-state index is 9.53. The summed E-state index contributed by atoms with van der Waals surface area (Å²) in [6, 6.07) is 8.18. The van der Waals surface area contributed by atoms with Crippen LogP contribution in [0.15, 0.2) is 24.4 Å². The van der Waals surface area contributed by atoms with Crippen molar-refractivity contribution in [3.05, 3.63) is 35.0 Å². The molecule has 25 heavy (non-hydrogen) atoms. The van der Waals surface area contributed by atoms with Gasteiger partial charge in [-0.2, -0.15) is 17.0 Å². The monoisotopic (exact) mass is 373 g/mol. The van der Waals surface area contributed by atoms with Gasteiger partial charge in [0.25, 0.3) is 0 Å². The van der Waals surface area contributed by atoms with Gasteiger partial charge in [0, 0.05) is 29.3 Å². The number of halogens is 1. The first-order chi connectivity index (χ1) is 12.2. The topological polar surface area (TPSA) is 57.9 Å². The molecule has 0 amide bonds. The molecule has 0 aliphatic carbocycles. The first kappa shape index (κ1) is 17.0. The first-order valence-corrected chi connectivity index (χ1v) is 10.2. The van der Waals surface area contributed by atoms with Crippen molar-refractivity contribution in [1.82, 2.24) is 4.98 Å². The van der Waals surface area contributed by atoms with Crippen LogP contribution in [0.25, 0.3) is 10.9 Å². The molecule has 4 rings (SSSR count). The number of fused-ring (bicyclic) bond motifs is 1. The fraction of sp³-hybridized carbons (Fsp3) is 0.474. The molecule has 2 fully saturated rings. The minimum Gasteiger partial charge on any atom is -0.380 e. The van der Waals surface area contributed by atoms with E-state index in [-0.39, 0.29) is 5.60 Å². The molecule has 130 valence electrons. The lowest BCUT2D eigenvalue weighted by molar-refractivity contribution is -0.0865. The van der Waals surface area contributed by atoms with Gasteiger partial charge < -0.3 is 10.1 Å². The van der Waals surface area contributed by atoms with Gasteiger partial charge in [-0.25, -0.2) is 0 Å². The van der Waals surface area contributed by atoms with E-state index in [4.69, 9.17) is 16.3 Å². The molecule has 2 aliphatic rings. The lowest BCUT2D eigenvalue weighted by Gasteiger charge is -2.43. The zero-order chi connectivity index (χ0) is 17.3. The molecule has 1 aromatic carbocycles. The van der Waals surface area contributed by atoms with Crippen LogP contribution in [0.5, 0.6) is 0 Å². The Balaban J connectivity index is 1.65. The summed E-state index contributed by atoms with van der Waals surface area (Å²) in [5.41, 5.74) is 2.27. The van der Waals surface area contributed by atoms with E-state index >= 15 is 0 Å². The molecule has 1 aromatic heterocycles. The van der Waals surface area contributed by atoms with Gasteiger partial charge in [0.1, 0.15) is 6.07 Å². The highest BCUT2D eigenvalue weighted by molar-refractivity contribution is 7.99. The summed E-state index contributed by atoms with van der Waals surface area (Å²) in [6.07, 6.45) is 5.81. The maximum absolute atomic E-state index is 9.53. The molecule has 4 nitrogen and oxygen atoms in total. The summed E-state index contributed by atoms with van der Waals surface area (Å²) in [5.74, 6) is 2.34. The smallest absolute Gasteiger partial charge is 0.103 e. The molecule has 3 heterocycles. The van der Waals surface area contributed by atoms with Crippen molar-refractivity contribution in [1.29, 1.82) is 5.26 Å². The summed E-state index contributed by atoms with van der Waals surface area (Å²) in [7, 11) is 0. The van der Waals surface area contributed by atoms with Crippen LogP contribution in [0.4, 0.5) is 5.69 Å². The number of benzene rings is 1. The van der Waals surface area contributed by atoms with E-state index < -0.39 is 0 Å². The van der Waals surface area contributed by atoms with Crippen molar-refractivity contribution >= 4 is 40.0 Å². The predicted octanol–water partition coefficient (Wildman–Crippen LogP) is 4.62. The molecular formula is C19H20ClN3OS. The third-order valence-corrected chi connectivity index (χ3v) is 6.42. The minimum absolute atomic E-state index is 0.00839. The Morgan fingerprint density at radius 1 is 1.36 bits per heavy atom. The van der Waals surface area contributed by atoms with E-state index in [1.54, 1.807) is 6.20 Å². The number of nitriles is 1. The Kier molecular flexibility index (Phi) is 4.77. The van der Waals surface area contributed by atoms with E-state index in [2.05, 4.69) is 16.4 Å². The number of hydrogen-bond donors (Lipinski definition) is 1. The molecule has 0 saturated carbocycles. The van der Waals surface area contributed by atoms with Gasteiger partial charge in [0.2, 0.25) is 0 Å². The van der Waals surface area contributed by atoms with Gasteiger partial charge in [-0.15, -0.1) is 0 Å². The minimum atomic E-state index is 0.00839.